The van der Waals surface area contributed by atoms with Crippen LogP contribution in [0.2, 0.25) is 0 Å². The molecule has 0 atom stereocenters. The first-order chi connectivity index (χ1) is 9.33. The Balaban J connectivity index is 1.57. The first-order valence-corrected chi connectivity index (χ1v) is 6.44. The number of nitrogens with one attached hydrogen (secondary N) is 2. The molecule has 1 saturated heterocycles. The van der Waals surface area contributed by atoms with Crippen LogP contribution in [0.3, 0.4) is 0 Å². The topological polar surface area (TPSA) is 62.8 Å². The van der Waals surface area contributed by atoms with Crippen molar-refractivity contribution in [2.45, 2.75) is 0 Å². The van der Waals surface area contributed by atoms with Crippen molar-refractivity contribution in [2.75, 3.05) is 39.6 Å². The second-order valence-corrected chi connectivity index (χ2v) is 4.60. The Morgan fingerprint density at radius 3 is 2.89 bits per heavy atom. The number of fused-ring (bicyclic) bond motifs is 1. The van der Waals surface area contributed by atoms with Gasteiger partial charge in [-0.3, -0.25) is 9.69 Å². The van der Waals surface area contributed by atoms with Gasteiger partial charge in [0, 0.05) is 31.7 Å². The van der Waals surface area contributed by atoms with Gasteiger partial charge in [-0.1, -0.05) is 0 Å². The molecule has 1 fully saturated rings. The van der Waals surface area contributed by atoms with E-state index in [9.17, 15) is 4.79 Å². The number of benzene rings is 1. The Bertz CT molecular complexity index is 472. The van der Waals surface area contributed by atoms with Crippen LogP contribution in [0, 0.1) is 0 Å². The SMILES string of the molecule is O=C(NCN1CCNCC1)c1ccc2c(c1)OCO2. The zero-order valence-electron chi connectivity index (χ0n) is 10.6. The van der Waals surface area contributed by atoms with E-state index in [1.807, 2.05) is 0 Å². The lowest BCUT2D eigenvalue weighted by Gasteiger charge is -2.27. The standard InChI is InChI=1S/C13H17N3O3/c17-13(15-8-16-5-3-14-4-6-16)10-1-2-11-12(7-10)19-9-18-11/h1-2,7,14H,3-6,8-9H2,(H,15,17). The van der Waals surface area contributed by atoms with Gasteiger partial charge in [0.1, 0.15) is 0 Å². The van der Waals surface area contributed by atoms with E-state index >= 15 is 0 Å². The van der Waals surface area contributed by atoms with E-state index in [1.165, 1.54) is 0 Å². The van der Waals surface area contributed by atoms with E-state index in [-0.39, 0.29) is 12.7 Å². The Hall–Kier alpha value is -1.79. The minimum Gasteiger partial charge on any atom is -0.454 e. The monoisotopic (exact) mass is 263 g/mol. The van der Waals surface area contributed by atoms with Gasteiger partial charge in [0.05, 0.1) is 6.67 Å². The Kier molecular flexibility index (Phi) is 3.52. The van der Waals surface area contributed by atoms with Crippen LogP contribution < -0.4 is 20.1 Å². The number of hydrogen-bond donors (Lipinski definition) is 2. The highest BCUT2D eigenvalue weighted by molar-refractivity contribution is 5.94. The van der Waals surface area contributed by atoms with Gasteiger partial charge >= 0.3 is 0 Å². The number of carbonyl (C=O) groups is 1. The maximum atomic E-state index is 12.0. The molecule has 2 N–H and O–H groups in total. The zero-order chi connectivity index (χ0) is 13.1. The van der Waals surface area contributed by atoms with Crippen molar-refractivity contribution in [3.8, 4) is 11.5 Å². The summed E-state index contributed by atoms with van der Waals surface area (Å²) in [5.74, 6) is 1.24. The number of hydrogen-bond acceptors (Lipinski definition) is 5. The highest BCUT2D eigenvalue weighted by Gasteiger charge is 2.17. The third kappa shape index (κ3) is 2.80. The van der Waals surface area contributed by atoms with Gasteiger partial charge in [0.15, 0.2) is 11.5 Å². The highest BCUT2D eigenvalue weighted by atomic mass is 16.7. The first-order valence-electron chi connectivity index (χ1n) is 6.44. The maximum absolute atomic E-state index is 12.0. The fourth-order valence-corrected chi connectivity index (χ4v) is 2.19. The molecule has 0 radical (unpaired) electrons. The van der Waals surface area contributed by atoms with E-state index in [2.05, 4.69) is 15.5 Å². The molecule has 19 heavy (non-hydrogen) atoms. The first kappa shape index (κ1) is 12.3. The molecule has 102 valence electrons. The third-order valence-electron chi connectivity index (χ3n) is 3.31. The minimum atomic E-state index is -0.0863. The molecule has 6 nitrogen and oxygen atoms in total. The molecule has 2 aliphatic rings. The van der Waals surface area contributed by atoms with Crippen LogP contribution in [0.25, 0.3) is 0 Å². The quantitative estimate of drug-likeness (QED) is 0.804. The second kappa shape index (κ2) is 5.46. The number of rotatable bonds is 3. The second-order valence-electron chi connectivity index (χ2n) is 4.60. The molecule has 1 aromatic rings. The van der Waals surface area contributed by atoms with Gasteiger partial charge in [-0.15, -0.1) is 0 Å². The molecule has 6 heteroatoms. The van der Waals surface area contributed by atoms with E-state index < -0.39 is 0 Å². The molecule has 0 bridgehead atoms. The lowest BCUT2D eigenvalue weighted by Crippen LogP contribution is -2.48. The summed E-state index contributed by atoms with van der Waals surface area (Å²) in [7, 11) is 0. The van der Waals surface area contributed by atoms with Gasteiger partial charge < -0.3 is 20.1 Å². The molecule has 0 unspecified atom stereocenters. The molecule has 0 saturated carbocycles. The predicted octanol–water partition coefficient (Wildman–Crippen LogP) is 0.00780. The highest BCUT2D eigenvalue weighted by Crippen LogP contribution is 2.32. The molecular weight excluding hydrogens is 246 g/mol. The van der Waals surface area contributed by atoms with Crippen molar-refractivity contribution in [2.24, 2.45) is 0 Å². The molecule has 1 amide bonds. The molecule has 0 aromatic heterocycles. The zero-order valence-corrected chi connectivity index (χ0v) is 10.6. The van der Waals surface area contributed by atoms with Crippen LogP contribution in [0.5, 0.6) is 11.5 Å². The van der Waals surface area contributed by atoms with Gasteiger partial charge in [-0.2, -0.15) is 0 Å². The summed E-state index contributed by atoms with van der Waals surface area (Å²) in [6.07, 6.45) is 0. The molecule has 3 rings (SSSR count). The normalized spacial score (nSPS) is 18.3. The van der Waals surface area contributed by atoms with Crippen molar-refractivity contribution in [3.63, 3.8) is 0 Å². The summed E-state index contributed by atoms with van der Waals surface area (Å²) < 4.78 is 10.5. The van der Waals surface area contributed by atoms with Crippen LogP contribution in [0.1, 0.15) is 10.4 Å². The van der Waals surface area contributed by atoms with Gasteiger partial charge in [0.2, 0.25) is 6.79 Å². The fraction of sp³-hybridized carbons (Fsp3) is 0.462. The molecule has 0 aliphatic carbocycles. The third-order valence-corrected chi connectivity index (χ3v) is 3.31. The average Bonchev–Trinajstić information content (AvgIpc) is 2.93. The van der Waals surface area contributed by atoms with Gasteiger partial charge in [0.25, 0.3) is 5.91 Å². The Morgan fingerprint density at radius 2 is 2.05 bits per heavy atom. The lowest BCUT2D eigenvalue weighted by molar-refractivity contribution is 0.0917. The number of ether oxygens (including phenoxy) is 2. The van der Waals surface area contributed by atoms with Crippen LogP contribution in [-0.4, -0.2) is 50.4 Å². The van der Waals surface area contributed by atoms with Crippen molar-refractivity contribution >= 4 is 5.91 Å². The van der Waals surface area contributed by atoms with E-state index in [0.717, 1.165) is 26.2 Å². The molecule has 2 heterocycles. The number of piperazine rings is 1. The summed E-state index contributed by atoms with van der Waals surface area (Å²) >= 11 is 0. The summed E-state index contributed by atoms with van der Waals surface area (Å²) in [5, 5.41) is 6.20. The van der Waals surface area contributed by atoms with Crippen molar-refractivity contribution < 1.29 is 14.3 Å². The van der Waals surface area contributed by atoms with Crippen molar-refractivity contribution in [1.82, 2.24) is 15.5 Å². The average molecular weight is 263 g/mol. The predicted molar refractivity (Wildman–Crippen MR) is 69.3 cm³/mol. The van der Waals surface area contributed by atoms with Crippen LogP contribution >= 0.6 is 0 Å². The Labute approximate surface area is 111 Å². The molecular formula is C13H17N3O3. The number of carbonyl (C=O) groups excluding carboxylic acids is 1. The molecule has 2 aliphatic heterocycles. The Morgan fingerprint density at radius 1 is 1.26 bits per heavy atom. The van der Waals surface area contributed by atoms with Crippen molar-refractivity contribution in [1.29, 1.82) is 0 Å². The molecule has 0 spiro atoms. The van der Waals surface area contributed by atoms with Crippen LogP contribution in [-0.2, 0) is 0 Å². The lowest BCUT2D eigenvalue weighted by atomic mass is 10.2. The fourth-order valence-electron chi connectivity index (χ4n) is 2.19. The smallest absolute Gasteiger partial charge is 0.252 e. The number of amides is 1. The summed E-state index contributed by atoms with van der Waals surface area (Å²) in [5.41, 5.74) is 0.597. The summed E-state index contributed by atoms with van der Waals surface area (Å²) in [4.78, 5) is 14.2. The van der Waals surface area contributed by atoms with Crippen LogP contribution in [0.4, 0.5) is 0 Å². The minimum absolute atomic E-state index is 0.0863. The van der Waals surface area contributed by atoms with Gasteiger partial charge in [-0.05, 0) is 18.2 Å². The van der Waals surface area contributed by atoms with E-state index in [4.69, 9.17) is 9.47 Å². The number of nitrogens with zero attached hydrogens (tertiary/aromatic N) is 1. The van der Waals surface area contributed by atoms with Crippen molar-refractivity contribution in [3.05, 3.63) is 23.8 Å². The van der Waals surface area contributed by atoms with Crippen LogP contribution in [0.15, 0.2) is 18.2 Å². The molecule has 1 aromatic carbocycles. The maximum Gasteiger partial charge on any atom is 0.252 e. The summed E-state index contributed by atoms with van der Waals surface area (Å²) in [6, 6.07) is 5.23. The summed E-state index contributed by atoms with van der Waals surface area (Å²) in [6.45, 7) is 4.67. The van der Waals surface area contributed by atoms with E-state index in [0.29, 0.717) is 23.7 Å². The van der Waals surface area contributed by atoms with E-state index in [1.54, 1.807) is 18.2 Å². The largest absolute Gasteiger partial charge is 0.454 e. The van der Waals surface area contributed by atoms with Gasteiger partial charge in [-0.25, -0.2) is 0 Å².